The Labute approximate surface area is 96.2 Å². The second-order valence-electron chi connectivity index (χ2n) is 4.05. The SMILES string of the molecule is CCC(C)C1=Cc2ccccc2S(=O)(=O)N1. The molecular formula is C12H15NO2S. The zero-order valence-electron chi connectivity index (χ0n) is 9.40. The molecule has 0 bridgehead atoms. The van der Waals surface area contributed by atoms with Crippen molar-refractivity contribution < 1.29 is 8.42 Å². The van der Waals surface area contributed by atoms with Crippen molar-refractivity contribution in [3.8, 4) is 0 Å². The molecule has 0 aromatic heterocycles. The van der Waals surface area contributed by atoms with Gasteiger partial charge >= 0.3 is 0 Å². The topological polar surface area (TPSA) is 46.2 Å². The lowest BCUT2D eigenvalue weighted by atomic mass is 10.0. The molecule has 1 aliphatic rings. The molecule has 1 unspecified atom stereocenters. The fraction of sp³-hybridized carbons (Fsp3) is 0.333. The molecular weight excluding hydrogens is 222 g/mol. The summed E-state index contributed by atoms with van der Waals surface area (Å²) in [5.74, 6) is 0.225. The van der Waals surface area contributed by atoms with Crippen molar-refractivity contribution in [1.29, 1.82) is 0 Å². The maximum Gasteiger partial charge on any atom is 0.262 e. The normalized spacial score (nSPS) is 19.2. The van der Waals surface area contributed by atoms with Gasteiger partial charge in [-0.05, 0) is 30.0 Å². The van der Waals surface area contributed by atoms with Gasteiger partial charge in [0.05, 0.1) is 4.90 Å². The number of sulfonamides is 1. The second-order valence-corrected chi connectivity index (χ2v) is 5.70. The molecule has 1 aromatic rings. The Bertz CT molecular complexity index is 532. The molecule has 3 nitrogen and oxygen atoms in total. The molecule has 1 aromatic carbocycles. The monoisotopic (exact) mass is 237 g/mol. The van der Waals surface area contributed by atoms with Crippen molar-refractivity contribution in [2.45, 2.75) is 25.2 Å². The van der Waals surface area contributed by atoms with Gasteiger partial charge in [0, 0.05) is 5.70 Å². The van der Waals surface area contributed by atoms with Gasteiger partial charge in [-0.15, -0.1) is 0 Å². The number of allylic oxidation sites excluding steroid dienone is 1. The van der Waals surface area contributed by atoms with Crippen LogP contribution in [0.1, 0.15) is 25.8 Å². The van der Waals surface area contributed by atoms with Gasteiger partial charge in [-0.1, -0.05) is 32.0 Å². The van der Waals surface area contributed by atoms with Crippen molar-refractivity contribution in [3.05, 3.63) is 35.5 Å². The molecule has 2 rings (SSSR count). The van der Waals surface area contributed by atoms with Crippen LogP contribution < -0.4 is 4.72 Å². The van der Waals surface area contributed by atoms with E-state index in [1.54, 1.807) is 12.1 Å². The molecule has 0 saturated carbocycles. The average Bonchev–Trinajstić information content (AvgIpc) is 2.27. The van der Waals surface area contributed by atoms with Crippen LogP contribution in [-0.2, 0) is 10.0 Å². The molecule has 1 aliphatic heterocycles. The van der Waals surface area contributed by atoms with Crippen LogP contribution in [0.2, 0.25) is 0 Å². The Kier molecular flexibility index (Phi) is 2.76. The van der Waals surface area contributed by atoms with Gasteiger partial charge in [-0.2, -0.15) is 0 Å². The predicted molar refractivity (Wildman–Crippen MR) is 64.2 cm³/mol. The minimum atomic E-state index is -3.36. The Balaban J connectivity index is 2.56. The third kappa shape index (κ3) is 1.85. The second kappa shape index (κ2) is 3.94. The van der Waals surface area contributed by atoms with E-state index in [0.29, 0.717) is 4.90 Å². The first-order chi connectivity index (χ1) is 7.54. The van der Waals surface area contributed by atoms with E-state index in [0.717, 1.165) is 17.7 Å². The molecule has 1 N–H and O–H groups in total. The summed E-state index contributed by atoms with van der Waals surface area (Å²) in [6, 6.07) is 7.04. The lowest BCUT2D eigenvalue weighted by Gasteiger charge is -2.22. The average molecular weight is 237 g/mol. The summed E-state index contributed by atoms with van der Waals surface area (Å²) in [6.45, 7) is 4.06. The Hall–Kier alpha value is -1.29. The molecule has 0 amide bonds. The molecule has 0 aliphatic carbocycles. The highest BCUT2D eigenvalue weighted by Crippen LogP contribution is 2.27. The van der Waals surface area contributed by atoms with Gasteiger partial charge in [-0.3, -0.25) is 4.72 Å². The van der Waals surface area contributed by atoms with Crippen molar-refractivity contribution in [1.82, 2.24) is 4.72 Å². The summed E-state index contributed by atoms with van der Waals surface area (Å²) < 4.78 is 26.5. The van der Waals surface area contributed by atoms with Gasteiger partial charge in [0.2, 0.25) is 0 Å². The van der Waals surface area contributed by atoms with Crippen molar-refractivity contribution in [2.24, 2.45) is 5.92 Å². The molecule has 0 spiro atoms. The molecule has 0 fully saturated rings. The minimum absolute atomic E-state index is 0.225. The predicted octanol–water partition coefficient (Wildman–Crippen LogP) is 2.37. The summed E-state index contributed by atoms with van der Waals surface area (Å²) in [5.41, 5.74) is 1.55. The fourth-order valence-electron chi connectivity index (χ4n) is 1.71. The summed E-state index contributed by atoms with van der Waals surface area (Å²) in [6.07, 6.45) is 2.83. The van der Waals surface area contributed by atoms with E-state index in [2.05, 4.69) is 4.72 Å². The number of hydrogen-bond acceptors (Lipinski definition) is 2. The first-order valence-corrected chi connectivity index (χ1v) is 6.86. The van der Waals surface area contributed by atoms with Gasteiger partial charge in [-0.25, -0.2) is 8.42 Å². The van der Waals surface area contributed by atoms with E-state index in [1.807, 2.05) is 32.1 Å². The van der Waals surface area contributed by atoms with Crippen LogP contribution in [0.25, 0.3) is 6.08 Å². The van der Waals surface area contributed by atoms with Gasteiger partial charge in [0.15, 0.2) is 0 Å². The summed E-state index contributed by atoms with van der Waals surface area (Å²) in [7, 11) is -3.36. The molecule has 4 heteroatoms. The molecule has 16 heavy (non-hydrogen) atoms. The number of fused-ring (bicyclic) bond motifs is 1. The Morgan fingerprint density at radius 3 is 2.69 bits per heavy atom. The summed E-state index contributed by atoms with van der Waals surface area (Å²) in [4.78, 5) is 0.363. The highest BCUT2D eigenvalue weighted by atomic mass is 32.2. The van der Waals surface area contributed by atoms with Crippen LogP contribution in [0, 0.1) is 5.92 Å². The number of hydrogen-bond donors (Lipinski definition) is 1. The Morgan fingerprint density at radius 2 is 2.00 bits per heavy atom. The quantitative estimate of drug-likeness (QED) is 0.858. The highest BCUT2D eigenvalue weighted by molar-refractivity contribution is 7.89. The zero-order chi connectivity index (χ0) is 11.8. The lowest BCUT2D eigenvalue weighted by Crippen LogP contribution is -2.29. The molecule has 0 saturated heterocycles. The first kappa shape index (κ1) is 11.2. The van der Waals surface area contributed by atoms with Crippen molar-refractivity contribution >= 4 is 16.1 Å². The number of rotatable bonds is 2. The maximum absolute atomic E-state index is 12.0. The van der Waals surface area contributed by atoms with Crippen LogP contribution in [-0.4, -0.2) is 8.42 Å². The third-order valence-corrected chi connectivity index (χ3v) is 4.37. The van der Waals surface area contributed by atoms with E-state index in [4.69, 9.17) is 0 Å². The minimum Gasteiger partial charge on any atom is -0.283 e. The lowest BCUT2D eigenvalue weighted by molar-refractivity contribution is 0.571. The van der Waals surface area contributed by atoms with Crippen LogP contribution in [0.5, 0.6) is 0 Å². The third-order valence-electron chi connectivity index (χ3n) is 2.92. The maximum atomic E-state index is 12.0. The number of nitrogens with one attached hydrogen (secondary N) is 1. The molecule has 1 heterocycles. The van der Waals surface area contributed by atoms with Gasteiger partial charge in [0.1, 0.15) is 0 Å². The van der Waals surface area contributed by atoms with Crippen LogP contribution in [0.15, 0.2) is 34.9 Å². The van der Waals surface area contributed by atoms with Crippen molar-refractivity contribution in [3.63, 3.8) is 0 Å². The largest absolute Gasteiger partial charge is 0.283 e. The summed E-state index contributed by atoms with van der Waals surface area (Å²) >= 11 is 0. The van der Waals surface area contributed by atoms with E-state index < -0.39 is 10.0 Å². The smallest absolute Gasteiger partial charge is 0.262 e. The van der Waals surface area contributed by atoms with E-state index >= 15 is 0 Å². The molecule has 0 radical (unpaired) electrons. The van der Waals surface area contributed by atoms with Crippen LogP contribution >= 0.6 is 0 Å². The van der Waals surface area contributed by atoms with Crippen LogP contribution in [0.4, 0.5) is 0 Å². The van der Waals surface area contributed by atoms with Gasteiger partial charge < -0.3 is 0 Å². The van der Waals surface area contributed by atoms with Gasteiger partial charge in [0.25, 0.3) is 10.0 Å². The molecule has 86 valence electrons. The zero-order valence-corrected chi connectivity index (χ0v) is 10.2. The van der Waals surface area contributed by atoms with Crippen LogP contribution in [0.3, 0.4) is 0 Å². The van der Waals surface area contributed by atoms with E-state index in [1.165, 1.54) is 0 Å². The number of benzene rings is 1. The molecule has 1 atom stereocenters. The van der Waals surface area contributed by atoms with E-state index in [9.17, 15) is 8.42 Å². The standard InChI is InChI=1S/C12H15NO2S/c1-3-9(2)11-8-10-6-4-5-7-12(10)16(14,15)13-11/h4-9,13H,3H2,1-2H3. The highest BCUT2D eigenvalue weighted by Gasteiger charge is 2.24. The summed E-state index contributed by atoms with van der Waals surface area (Å²) in [5, 5.41) is 0. The Morgan fingerprint density at radius 1 is 1.31 bits per heavy atom. The van der Waals surface area contributed by atoms with E-state index in [-0.39, 0.29) is 5.92 Å². The van der Waals surface area contributed by atoms with Crippen molar-refractivity contribution in [2.75, 3.05) is 0 Å². The fourth-order valence-corrected chi connectivity index (χ4v) is 3.09. The first-order valence-electron chi connectivity index (χ1n) is 5.38.